The van der Waals surface area contributed by atoms with Crippen LogP contribution in [0.25, 0.3) is 6.08 Å². The maximum Gasteiger partial charge on any atom is 0.339 e. The number of carbonyl (C=O) groups excluding carboxylic acids is 2. The molecule has 1 fully saturated rings. The van der Waals surface area contributed by atoms with Crippen LogP contribution in [-0.4, -0.2) is 36.5 Å². The lowest BCUT2D eigenvalue weighted by atomic mass is 10.1. The number of hydrogen-bond acceptors (Lipinski definition) is 9. The summed E-state index contributed by atoms with van der Waals surface area (Å²) in [5.41, 5.74) is 0.838. The molecule has 1 heterocycles. The van der Waals surface area contributed by atoms with E-state index in [4.69, 9.17) is 8.92 Å². The molecule has 4 rings (SSSR count). The molecule has 0 atom stereocenters. The summed E-state index contributed by atoms with van der Waals surface area (Å²) >= 11 is 6.22. The monoisotopic (exact) mass is 730 g/mol. The van der Waals surface area contributed by atoms with Gasteiger partial charge in [0.05, 0.1) is 28.0 Å². The number of methoxy groups -OCH3 is 1. The standard InChI is InChI=1S/C24H16BrIN2O8S2/c1-35-20-10-15(11-21-23(29)27(24(30)37-21)13-14-5-7-16(26)8-6-14)9-19(25)22(20)36-38(33,34)18-4-2-3-17(12-18)28(31)32/h2-12H,13H2,1H3/b21-11-. The largest absolute Gasteiger partial charge is 0.493 e. The van der Waals surface area contributed by atoms with E-state index in [-0.39, 0.29) is 27.4 Å². The number of benzene rings is 3. The predicted molar refractivity (Wildman–Crippen MR) is 152 cm³/mol. The van der Waals surface area contributed by atoms with E-state index in [0.29, 0.717) is 5.56 Å². The van der Waals surface area contributed by atoms with E-state index in [2.05, 4.69) is 38.5 Å². The maximum atomic E-state index is 12.9. The number of nitrogens with zero attached hydrogens (tertiary/aromatic N) is 2. The Morgan fingerprint density at radius 2 is 1.84 bits per heavy atom. The van der Waals surface area contributed by atoms with Crippen LogP contribution in [0.5, 0.6) is 11.5 Å². The van der Waals surface area contributed by atoms with Crippen LogP contribution in [0.4, 0.5) is 10.5 Å². The van der Waals surface area contributed by atoms with Crippen molar-refractivity contribution in [1.82, 2.24) is 4.90 Å². The van der Waals surface area contributed by atoms with Crippen molar-refractivity contribution in [3.63, 3.8) is 0 Å². The summed E-state index contributed by atoms with van der Waals surface area (Å²) in [6, 6.07) is 14.8. The topological polar surface area (TPSA) is 133 Å². The number of halogens is 2. The quantitative estimate of drug-likeness (QED) is 0.0903. The molecule has 196 valence electrons. The van der Waals surface area contributed by atoms with Gasteiger partial charge in [0, 0.05) is 15.7 Å². The van der Waals surface area contributed by atoms with Gasteiger partial charge in [0.1, 0.15) is 4.90 Å². The molecular formula is C24H16BrIN2O8S2. The van der Waals surface area contributed by atoms with Crippen LogP contribution in [0.2, 0.25) is 0 Å². The Kier molecular flexibility index (Phi) is 8.44. The fraction of sp³-hybridized carbons (Fsp3) is 0.0833. The molecule has 0 N–H and O–H groups in total. The highest BCUT2D eigenvalue weighted by Crippen LogP contribution is 2.40. The number of hydrogen-bond donors (Lipinski definition) is 0. The number of imide groups is 1. The molecule has 14 heteroatoms. The lowest BCUT2D eigenvalue weighted by Gasteiger charge is -2.14. The van der Waals surface area contributed by atoms with Crippen LogP contribution in [-0.2, 0) is 21.5 Å². The van der Waals surface area contributed by atoms with Crippen LogP contribution < -0.4 is 8.92 Å². The van der Waals surface area contributed by atoms with Crippen molar-refractivity contribution in [2.45, 2.75) is 11.4 Å². The zero-order valence-corrected chi connectivity index (χ0v) is 24.7. The molecule has 0 unspecified atom stereocenters. The summed E-state index contributed by atoms with van der Waals surface area (Å²) in [4.78, 5) is 36.7. The zero-order valence-electron chi connectivity index (χ0n) is 19.3. The molecule has 0 radical (unpaired) electrons. The zero-order chi connectivity index (χ0) is 27.6. The highest BCUT2D eigenvalue weighted by Gasteiger charge is 2.35. The molecule has 0 aliphatic carbocycles. The second-order valence-electron chi connectivity index (χ2n) is 7.72. The van der Waals surface area contributed by atoms with Gasteiger partial charge in [-0.3, -0.25) is 24.6 Å². The van der Waals surface area contributed by atoms with Crippen molar-refractivity contribution in [2.75, 3.05) is 7.11 Å². The summed E-state index contributed by atoms with van der Waals surface area (Å²) < 4.78 is 37.4. The number of thioether (sulfide) groups is 1. The van der Waals surface area contributed by atoms with Gasteiger partial charge < -0.3 is 8.92 Å². The molecule has 1 aliphatic rings. The normalized spacial score (nSPS) is 14.7. The van der Waals surface area contributed by atoms with Crippen LogP contribution in [0.3, 0.4) is 0 Å². The molecule has 0 bridgehead atoms. The Bertz CT molecular complexity index is 1590. The van der Waals surface area contributed by atoms with Crippen LogP contribution in [0.15, 0.2) is 74.9 Å². The van der Waals surface area contributed by atoms with Gasteiger partial charge in [0.2, 0.25) is 0 Å². The molecule has 0 aromatic heterocycles. The maximum absolute atomic E-state index is 12.9. The molecule has 3 aromatic rings. The first-order valence-electron chi connectivity index (χ1n) is 10.5. The van der Waals surface area contributed by atoms with Crippen LogP contribution in [0, 0.1) is 13.7 Å². The Hall–Kier alpha value is -2.95. The van der Waals surface area contributed by atoms with Gasteiger partial charge in [-0.2, -0.15) is 8.42 Å². The Morgan fingerprint density at radius 1 is 1.13 bits per heavy atom. The third-order valence-electron chi connectivity index (χ3n) is 5.19. The molecule has 10 nitrogen and oxygen atoms in total. The number of amides is 2. The number of ether oxygens (including phenoxy) is 1. The molecule has 2 amide bonds. The molecule has 0 spiro atoms. The summed E-state index contributed by atoms with van der Waals surface area (Å²) in [6.45, 7) is 0.133. The number of carbonyl (C=O) groups is 2. The van der Waals surface area contributed by atoms with Crippen molar-refractivity contribution in [3.05, 3.63) is 94.9 Å². The molecule has 1 saturated heterocycles. The molecule has 1 aliphatic heterocycles. The average molecular weight is 731 g/mol. The SMILES string of the molecule is COc1cc(/C=C2\SC(=O)N(Cc3ccc(I)cc3)C2=O)cc(Br)c1OS(=O)(=O)c1cccc([N+](=O)[O-])c1. The molecule has 0 saturated carbocycles. The lowest BCUT2D eigenvalue weighted by Crippen LogP contribution is -2.27. The number of non-ortho nitro benzene ring substituents is 1. The van der Waals surface area contributed by atoms with Gasteiger partial charge in [0.15, 0.2) is 11.5 Å². The first kappa shape index (κ1) is 28.1. The van der Waals surface area contributed by atoms with E-state index in [1.807, 2.05) is 24.3 Å². The Labute approximate surface area is 243 Å². The van der Waals surface area contributed by atoms with Gasteiger partial charge in [-0.05, 0) is 97.8 Å². The summed E-state index contributed by atoms with van der Waals surface area (Å²) in [5, 5.41) is 10.6. The van der Waals surface area contributed by atoms with E-state index < -0.39 is 36.8 Å². The number of nitro groups is 1. The fourth-order valence-corrected chi connectivity index (χ4v) is 6.22. The second kappa shape index (κ2) is 11.4. The first-order chi connectivity index (χ1) is 18.0. The van der Waals surface area contributed by atoms with Gasteiger partial charge >= 0.3 is 10.1 Å². The third kappa shape index (κ3) is 6.19. The fourth-order valence-electron chi connectivity index (χ4n) is 3.37. The van der Waals surface area contributed by atoms with Gasteiger partial charge in [-0.1, -0.05) is 18.2 Å². The van der Waals surface area contributed by atoms with Crippen molar-refractivity contribution in [1.29, 1.82) is 0 Å². The molecule has 3 aromatic carbocycles. The van der Waals surface area contributed by atoms with Gasteiger partial charge in [-0.25, -0.2) is 0 Å². The van der Waals surface area contributed by atoms with Crippen molar-refractivity contribution < 1.29 is 31.9 Å². The number of rotatable bonds is 8. The average Bonchev–Trinajstić information content (AvgIpc) is 3.14. The predicted octanol–water partition coefficient (Wildman–Crippen LogP) is 5.97. The smallest absolute Gasteiger partial charge is 0.339 e. The van der Waals surface area contributed by atoms with Gasteiger partial charge in [0.25, 0.3) is 16.8 Å². The Morgan fingerprint density at radius 3 is 2.50 bits per heavy atom. The summed E-state index contributed by atoms with van der Waals surface area (Å²) in [6.07, 6.45) is 1.49. The van der Waals surface area contributed by atoms with Gasteiger partial charge in [-0.15, -0.1) is 0 Å². The number of nitro benzene ring substituents is 1. The van der Waals surface area contributed by atoms with E-state index in [9.17, 15) is 28.1 Å². The highest BCUT2D eigenvalue weighted by atomic mass is 127. The van der Waals surface area contributed by atoms with Crippen molar-refractivity contribution in [3.8, 4) is 11.5 Å². The van der Waals surface area contributed by atoms with E-state index in [1.165, 1.54) is 37.5 Å². The highest BCUT2D eigenvalue weighted by molar-refractivity contribution is 14.1. The Balaban J connectivity index is 1.60. The third-order valence-corrected chi connectivity index (χ3v) is 8.62. The molecular weight excluding hydrogens is 715 g/mol. The minimum absolute atomic E-state index is 0.0118. The van der Waals surface area contributed by atoms with Crippen LogP contribution >= 0.6 is 50.3 Å². The second-order valence-corrected chi connectivity index (χ2v) is 12.4. The minimum Gasteiger partial charge on any atom is -0.493 e. The lowest BCUT2D eigenvalue weighted by molar-refractivity contribution is -0.385. The van der Waals surface area contributed by atoms with Crippen LogP contribution in [0.1, 0.15) is 11.1 Å². The van der Waals surface area contributed by atoms with E-state index >= 15 is 0 Å². The van der Waals surface area contributed by atoms with E-state index in [1.54, 1.807) is 0 Å². The van der Waals surface area contributed by atoms with Crippen molar-refractivity contribution in [2.24, 2.45) is 0 Å². The minimum atomic E-state index is -4.46. The summed E-state index contributed by atoms with van der Waals surface area (Å²) in [7, 11) is -3.16. The molecule has 38 heavy (non-hydrogen) atoms. The van der Waals surface area contributed by atoms with Crippen molar-refractivity contribution >= 4 is 83.3 Å². The van der Waals surface area contributed by atoms with E-state index in [0.717, 1.165) is 37.9 Å². The summed E-state index contributed by atoms with van der Waals surface area (Å²) in [5.74, 6) is -0.636. The first-order valence-corrected chi connectivity index (χ1v) is 14.6.